The van der Waals surface area contributed by atoms with Crippen molar-refractivity contribution in [2.24, 2.45) is 5.92 Å². The first kappa shape index (κ1) is 22.6. The summed E-state index contributed by atoms with van der Waals surface area (Å²) in [4.78, 5) is 33.9. The first-order valence-electron chi connectivity index (χ1n) is 11.5. The first-order chi connectivity index (χ1) is 16.5. The van der Waals surface area contributed by atoms with E-state index in [9.17, 15) is 14.0 Å². The fourth-order valence-electron chi connectivity index (χ4n) is 4.46. The van der Waals surface area contributed by atoms with Crippen LogP contribution in [0.25, 0.3) is 11.0 Å². The average molecular weight is 481 g/mol. The van der Waals surface area contributed by atoms with Gasteiger partial charge in [-0.05, 0) is 68.4 Å². The van der Waals surface area contributed by atoms with E-state index in [1.807, 2.05) is 12.1 Å². The number of hydrogen-bond acceptors (Lipinski definition) is 6. The van der Waals surface area contributed by atoms with Crippen LogP contribution in [0.1, 0.15) is 42.5 Å². The summed E-state index contributed by atoms with van der Waals surface area (Å²) in [6.45, 7) is 0.524. The number of halogens is 1. The smallest absolute Gasteiger partial charge is 0.251 e. The number of amides is 2. The second-order valence-corrected chi connectivity index (χ2v) is 9.73. The van der Waals surface area contributed by atoms with Crippen LogP contribution in [0.2, 0.25) is 0 Å². The van der Waals surface area contributed by atoms with Crippen molar-refractivity contribution in [2.45, 2.75) is 43.0 Å². The van der Waals surface area contributed by atoms with Gasteiger partial charge in [0, 0.05) is 22.6 Å². The van der Waals surface area contributed by atoms with Gasteiger partial charge in [0.25, 0.3) is 5.91 Å². The number of benzene rings is 2. The summed E-state index contributed by atoms with van der Waals surface area (Å²) in [5.74, 6) is 0.834. The maximum Gasteiger partial charge on any atom is 0.251 e. The van der Waals surface area contributed by atoms with E-state index in [2.05, 4.69) is 20.6 Å². The number of aromatic nitrogens is 2. The van der Waals surface area contributed by atoms with Crippen LogP contribution in [-0.4, -0.2) is 40.2 Å². The van der Waals surface area contributed by atoms with E-state index in [4.69, 9.17) is 4.74 Å². The lowest BCUT2D eigenvalue weighted by Crippen LogP contribution is -2.37. The molecule has 9 heteroatoms. The van der Waals surface area contributed by atoms with Gasteiger partial charge in [-0.15, -0.1) is 11.8 Å². The van der Waals surface area contributed by atoms with Gasteiger partial charge in [0.1, 0.15) is 5.82 Å². The summed E-state index contributed by atoms with van der Waals surface area (Å²) >= 11 is 1.48. The predicted octanol–water partition coefficient (Wildman–Crippen LogP) is 4.57. The van der Waals surface area contributed by atoms with Crippen LogP contribution in [0.4, 0.5) is 10.1 Å². The Kier molecular flexibility index (Phi) is 6.62. The number of carbonyl (C=O) groups excluding carboxylic acids is 2. The van der Waals surface area contributed by atoms with Gasteiger partial charge in [-0.2, -0.15) is 0 Å². The number of nitrogens with zero attached hydrogens (tertiary/aromatic N) is 2. The Morgan fingerprint density at radius 2 is 2.00 bits per heavy atom. The van der Waals surface area contributed by atoms with Crippen LogP contribution in [-0.2, 0) is 4.79 Å². The zero-order valence-corrected chi connectivity index (χ0v) is 19.4. The predicted molar refractivity (Wildman–Crippen MR) is 129 cm³/mol. The van der Waals surface area contributed by atoms with Crippen LogP contribution in [0, 0.1) is 11.7 Å². The molecule has 0 saturated heterocycles. The Morgan fingerprint density at radius 3 is 2.85 bits per heavy atom. The SMILES string of the molecule is O=C1CSc2ccc(C(=O)N[C@H]3CC[C@H](CCOc4cnc5ccc(F)cc5n4)CC3)cc2N1. The molecule has 7 nitrogen and oxygen atoms in total. The van der Waals surface area contributed by atoms with Crippen molar-refractivity contribution >= 4 is 40.3 Å². The Balaban J connectivity index is 1.07. The fourth-order valence-corrected chi connectivity index (χ4v) is 5.24. The van der Waals surface area contributed by atoms with E-state index in [1.54, 1.807) is 18.3 Å². The Hall–Kier alpha value is -3.20. The summed E-state index contributed by atoms with van der Waals surface area (Å²) in [6, 6.07) is 9.91. The van der Waals surface area contributed by atoms with E-state index in [0.29, 0.717) is 46.4 Å². The molecule has 1 saturated carbocycles. The molecule has 1 aliphatic heterocycles. The number of ether oxygens (including phenoxy) is 1. The third kappa shape index (κ3) is 5.30. The number of rotatable bonds is 6. The standard InChI is InChI=1S/C25H25FN4O3S/c26-17-4-7-19-20(12-17)30-24(13-27-19)33-10-9-15-1-5-18(6-2-15)28-25(32)16-3-8-22-21(11-16)29-23(31)14-34-22/h3-4,7-8,11-13,15,18H,1-2,5-6,9-10,14H2,(H,28,32)(H,29,31)/t15-,18-. The van der Waals surface area contributed by atoms with E-state index in [-0.39, 0.29) is 23.7 Å². The van der Waals surface area contributed by atoms with Crippen molar-refractivity contribution in [3.05, 3.63) is 54.0 Å². The van der Waals surface area contributed by atoms with Gasteiger partial charge in [-0.25, -0.2) is 14.4 Å². The molecule has 176 valence electrons. The van der Waals surface area contributed by atoms with Crippen molar-refractivity contribution in [1.82, 2.24) is 15.3 Å². The van der Waals surface area contributed by atoms with Crippen LogP contribution < -0.4 is 15.4 Å². The number of nitrogens with one attached hydrogen (secondary N) is 2. The quantitative estimate of drug-likeness (QED) is 0.537. The van der Waals surface area contributed by atoms with E-state index >= 15 is 0 Å². The highest BCUT2D eigenvalue weighted by molar-refractivity contribution is 8.00. The minimum absolute atomic E-state index is 0.0427. The van der Waals surface area contributed by atoms with Crippen molar-refractivity contribution < 1.29 is 18.7 Å². The van der Waals surface area contributed by atoms with Gasteiger partial charge in [0.05, 0.1) is 35.3 Å². The fraction of sp³-hybridized carbons (Fsp3) is 0.360. The minimum atomic E-state index is -0.347. The van der Waals surface area contributed by atoms with Crippen molar-refractivity contribution in [3.8, 4) is 5.88 Å². The number of carbonyl (C=O) groups is 2. The second-order valence-electron chi connectivity index (χ2n) is 8.72. The maximum absolute atomic E-state index is 13.4. The third-order valence-corrected chi connectivity index (χ3v) is 7.39. The molecule has 0 unspecified atom stereocenters. The van der Waals surface area contributed by atoms with Gasteiger partial charge in [0.15, 0.2) is 0 Å². The molecule has 34 heavy (non-hydrogen) atoms. The van der Waals surface area contributed by atoms with E-state index in [1.165, 1.54) is 23.9 Å². The van der Waals surface area contributed by atoms with Gasteiger partial charge in [-0.3, -0.25) is 9.59 Å². The zero-order valence-electron chi connectivity index (χ0n) is 18.6. The molecule has 1 fully saturated rings. The molecule has 3 aromatic rings. The summed E-state index contributed by atoms with van der Waals surface area (Å²) in [7, 11) is 0. The number of fused-ring (bicyclic) bond motifs is 2. The zero-order chi connectivity index (χ0) is 23.5. The molecule has 2 aliphatic rings. The minimum Gasteiger partial charge on any atom is -0.477 e. The normalized spacial score (nSPS) is 19.9. The molecular weight excluding hydrogens is 455 g/mol. The lowest BCUT2D eigenvalue weighted by atomic mass is 9.84. The molecule has 2 heterocycles. The van der Waals surface area contributed by atoms with Crippen LogP contribution in [0.15, 0.2) is 47.5 Å². The van der Waals surface area contributed by atoms with Crippen molar-refractivity contribution in [3.63, 3.8) is 0 Å². The third-order valence-electron chi connectivity index (χ3n) is 6.31. The van der Waals surface area contributed by atoms with Gasteiger partial charge >= 0.3 is 0 Å². The lowest BCUT2D eigenvalue weighted by molar-refractivity contribution is -0.113. The van der Waals surface area contributed by atoms with E-state index < -0.39 is 0 Å². The molecule has 2 aromatic carbocycles. The number of hydrogen-bond donors (Lipinski definition) is 2. The summed E-state index contributed by atoms with van der Waals surface area (Å²) < 4.78 is 19.2. The molecule has 1 aromatic heterocycles. The van der Waals surface area contributed by atoms with Gasteiger partial charge < -0.3 is 15.4 Å². The summed E-state index contributed by atoms with van der Waals surface area (Å²) in [5.41, 5.74) is 2.38. The van der Waals surface area contributed by atoms with Crippen LogP contribution >= 0.6 is 11.8 Å². The highest BCUT2D eigenvalue weighted by Gasteiger charge is 2.24. The molecule has 0 bridgehead atoms. The maximum atomic E-state index is 13.4. The summed E-state index contributed by atoms with van der Waals surface area (Å²) in [6.07, 6.45) is 6.33. The molecule has 0 spiro atoms. The molecule has 2 N–H and O–H groups in total. The molecule has 5 rings (SSSR count). The summed E-state index contributed by atoms with van der Waals surface area (Å²) in [5, 5.41) is 5.97. The van der Waals surface area contributed by atoms with Crippen molar-refractivity contribution in [1.29, 1.82) is 0 Å². The molecule has 0 radical (unpaired) electrons. The highest BCUT2D eigenvalue weighted by Crippen LogP contribution is 2.32. The Morgan fingerprint density at radius 1 is 1.15 bits per heavy atom. The molecular formula is C25H25FN4O3S. The molecule has 1 aliphatic carbocycles. The largest absolute Gasteiger partial charge is 0.477 e. The van der Waals surface area contributed by atoms with E-state index in [0.717, 1.165) is 37.0 Å². The van der Waals surface area contributed by atoms with Gasteiger partial charge in [-0.1, -0.05) is 0 Å². The highest BCUT2D eigenvalue weighted by atomic mass is 32.2. The van der Waals surface area contributed by atoms with Crippen LogP contribution in [0.3, 0.4) is 0 Å². The first-order valence-corrected chi connectivity index (χ1v) is 12.4. The average Bonchev–Trinajstić information content (AvgIpc) is 2.84. The number of anilines is 1. The Bertz CT molecular complexity index is 1230. The molecule has 0 atom stereocenters. The van der Waals surface area contributed by atoms with Gasteiger partial charge in [0.2, 0.25) is 11.8 Å². The van der Waals surface area contributed by atoms with Crippen LogP contribution in [0.5, 0.6) is 5.88 Å². The van der Waals surface area contributed by atoms with Crippen molar-refractivity contribution in [2.75, 3.05) is 17.7 Å². The lowest BCUT2D eigenvalue weighted by Gasteiger charge is -2.29. The topological polar surface area (TPSA) is 93.2 Å². The monoisotopic (exact) mass is 480 g/mol. The molecule has 2 amide bonds. The Labute approximate surface area is 200 Å². The second kappa shape index (κ2) is 9.97. The number of thioether (sulfide) groups is 1.